The number of hydrogen-bond acceptors (Lipinski definition) is 6. The van der Waals surface area contributed by atoms with Gasteiger partial charge in [-0.05, 0) is 95.2 Å². The third kappa shape index (κ3) is 5.33. The summed E-state index contributed by atoms with van der Waals surface area (Å²) in [5.74, 6) is -0.624. The summed E-state index contributed by atoms with van der Waals surface area (Å²) in [6.45, 7) is 9.63. The van der Waals surface area contributed by atoms with E-state index in [0.717, 1.165) is 73.6 Å². The Hall–Kier alpha value is -3.30. The number of ether oxygens (including phenoxy) is 1. The fourth-order valence-electron chi connectivity index (χ4n) is 6.05. The number of carboxylic acids is 1. The number of aromatic nitrogens is 3. The van der Waals surface area contributed by atoms with E-state index in [4.69, 9.17) is 26.4 Å². The van der Waals surface area contributed by atoms with Crippen LogP contribution in [-0.4, -0.2) is 56.5 Å². The molecule has 5 aromatic rings. The zero-order valence-electron chi connectivity index (χ0n) is 24.7. The highest BCUT2D eigenvalue weighted by Crippen LogP contribution is 2.45. The van der Waals surface area contributed by atoms with Crippen LogP contribution in [0.15, 0.2) is 48.5 Å². The van der Waals surface area contributed by atoms with Crippen LogP contribution in [0.1, 0.15) is 56.0 Å². The molecule has 42 heavy (non-hydrogen) atoms. The monoisotopic (exact) mass is 602 g/mol. The summed E-state index contributed by atoms with van der Waals surface area (Å²) < 4.78 is 9.05. The molecule has 0 radical (unpaired) electrons. The average Bonchev–Trinajstić information content (AvgIpc) is 3.63. The van der Waals surface area contributed by atoms with Gasteiger partial charge in [0.25, 0.3) is 0 Å². The maximum Gasteiger partial charge on any atom is 0.337 e. The van der Waals surface area contributed by atoms with Crippen molar-refractivity contribution in [1.29, 1.82) is 0 Å². The molecule has 0 bridgehead atoms. The highest BCUT2D eigenvalue weighted by molar-refractivity contribution is 7.22. The average molecular weight is 603 g/mol. The number of thiazole rings is 1. The maximum absolute atomic E-state index is 12.6. The van der Waals surface area contributed by atoms with Crippen LogP contribution < -0.4 is 0 Å². The molecule has 1 saturated heterocycles. The standard InChI is InChI=1S/C33H35ClN4O3S/c1-18-15-24-30(27(19-7-10-22(34)11-8-19)26(18)29(32(39)40)41-33(2,3)4)42-31(35-24)20-9-12-25-23(16-20)28(36-38(25)6)21-13-14-37(5)17-21/h7-12,15-16,21,29H,13-14,17H2,1-6H3,(H,39,40)/t21?,29-/m0/s1. The molecular weight excluding hydrogens is 568 g/mol. The third-order valence-electron chi connectivity index (χ3n) is 7.92. The first-order valence-electron chi connectivity index (χ1n) is 14.2. The number of benzene rings is 3. The number of fused-ring (bicyclic) bond motifs is 2. The van der Waals surface area contributed by atoms with E-state index in [1.807, 2.05) is 69.8 Å². The van der Waals surface area contributed by atoms with Crippen LogP contribution in [0, 0.1) is 6.92 Å². The van der Waals surface area contributed by atoms with Crippen LogP contribution in [0.3, 0.4) is 0 Å². The van der Waals surface area contributed by atoms with Gasteiger partial charge in [0.1, 0.15) is 5.01 Å². The lowest BCUT2D eigenvalue weighted by Gasteiger charge is -2.28. The first-order chi connectivity index (χ1) is 19.9. The van der Waals surface area contributed by atoms with Crippen molar-refractivity contribution in [3.8, 4) is 21.7 Å². The van der Waals surface area contributed by atoms with Gasteiger partial charge in [-0.2, -0.15) is 5.10 Å². The number of likely N-dealkylation sites (N-methyl/N-ethyl adjacent to an activating group) is 1. The van der Waals surface area contributed by atoms with E-state index >= 15 is 0 Å². The lowest BCUT2D eigenvalue weighted by atomic mass is 9.91. The number of likely N-dealkylation sites (tertiary alicyclic amines) is 1. The number of aryl methyl sites for hydroxylation is 2. The molecule has 1 N–H and O–H groups in total. The molecule has 6 rings (SSSR count). The summed E-state index contributed by atoms with van der Waals surface area (Å²) in [6, 6.07) is 15.9. The number of aliphatic carboxylic acids is 1. The van der Waals surface area contributed by atoms with Crippen LogP contribution in [-0.2, 0) is 16.6 Å². The molecule has 0 spiro atoms. The van der Waals surface area contributed by atoms with E-state index in [-0.39, 0.29) is 0 Å². The number of hydrogen-bond donors (Lipinski definition) is 1. The Labute approximate surface area is 254 Å². The Balaban J connectivity index is 1.55. The molecule has 7 nitrogen and oxygen atoms in total. The van der Waals surface area contributed by atoms with Gasteiger partial charge in [0, 0.05) is 46.6 Å². The molecule has 0 saturated carbocycles. The maximum atomic E-state index is 12.6. The summed E-state index contributed by atoms with van der Waals surface area (Å²) in [5, 5.41) is 17.9. The molecule has 1 unspecified atom stereocenters. The number of halogens is 1. The van der Waals surface area contributed by atoms with Crippen LogP contribution in [0.25, 0.3) is 42.8 Å². The molecule has 0 aliphatic carbocycles. The molecule has 3 heterocycles. The van der Waals surface area contributed by atoms with E-state index in [1.165, 1.54) is 0 Å². The molecule has 9 heteroatoms. The summed E-state index contributed by atoms with van der Waals surface area (Å²) in [7, 11) is 4.16. The Morgan fingerprint density at radius 1 is 1.12 bits per heavy atom. The second-order valence-electron chi connectivity index (χ2n) is 12.3. The number of nitrogens with zero attached hydrogens (tertiary/aromatic N) is 4. The quantitative estimate of drug-likeness (QED) is 0.213. The zero-order valence-corrected chi connectivity index (χ0v) is 26.3. The third-order valence-corrected chi connectivity index (χ3v) is 9.31. The van der Waals surface area contributed by atoms with Crippen molar-refractivity contribution in [2.45, 2.75) is 51.7 Å². The lowest BCUT2D eigenvalue weighted by molar-refractivity contribution is -0.160. The summed E-state index contributed by atoms with van der Waals surface area (Å²) in [4.78, 5) is 20.1. The van der Waals surface area contributed by atoms with Crippen LogP contribution in [0.2, 0.25) is 5.02 Å². The largest absolute Gasteiger partial charge is 0.479 e. The van der Waals surface area contributed by atoms with Crippen LogP contribution in [0.5, 0.6) is 0 Å². The molecule has 1 aliphatic heterocycles. The Morgan fingerprint density at radius 2 is 1.83 bits per heavy atom. The van der Waals surface area contributed by atoms with Crippen molar-refractivity contribution in [2.24, 2.45) is 7.05 Å². The van der Waals surface area contributed by atoms with Gasteiger partial charge in [-0.25, -0.2) is 9.78 Å². The minimum atomic E-state index is -1.15. The Bertz CT molecular complexity index is 1820. The Kier molecular flexibility index (Phi) is 7.38. The normalized spacial score (nSPS) is 17.0. The van der Waals surface area contributed by atoms with Gasteiger partial charge in [-0.1, -0.05) is 23.7 Å². The van der Waals surface area contributed by atoms with Crippen molar-refractivity contribution in [2.75, 3.05) is 20.1 Å². The fourth-order valence-corrected chi connectivity index (χ4v) is 7.29. The predicted molar refractivity (Wildman–Crippen MR) is 171 cm³/mol. The topological polar surface area (TPSA) is 80.5 Å². The second kappa shape index (κ2) is 10.8. The minimum absolute atomic E-state index is 0.404. The van der Waals surface area contributed by atoms with Crippen molar-refractivity contribution < 1.29 is 14.6 Å². The van der Waals surface area contributed by atoms with E-state index in [2.05, 4.69) is 30.1 Å². The van der Waals surface area contributed by atoms with Gasteiger partial charge in [0.05, 0.1) is 27.0 Å². The zero-order chi connectivity index (χ0) is 29.9. The molecule has 2 atom stereocenters. The Morgan fingerprint density at radius 3 is 2.48 bits per heavy atom. The first-order valence-corrected chi connectivity index (χ1v) is 15.3. The van der Waals surface area contributed by atoms with E-state index in [0.29, 0.717) is 16.5 Å². The minimum Gasteiger partial charge on any atom is -0.479 e. The highest BCUT2D eigenvalue weighted by atomic mass is 35.5. The lowest BCUT2D eigenvalue weighted by Crippen LogP contribution is -2.28. The second-order valence-corrected chi connectivity index (χ2v) is 13.7. The number of carboxylic acid groups (broad SMARTS) is 1. The van der Waals surface area contributed by atoms with E-state index in [1.54, 1.807) is 11.3 Å². The van der Waals surface area contributed by atoms with Gasteiger partial charge >= 0.3 is 5.97 Å². The molecule has 1 fully saturated rings. The van der Waals surface area contributed by atoms with E-state index in [9.17, 15) is 9.90 Å². The predicted octanol–water partition coefficient (Wildman–Crippen LogP) is 7.84. The highest BCUT2D eigenvalue weighted by Gasteiger charge is 2.32. The first kappa shape index (κ1) is 28.8. The van der Waals surface area contributed by atoms with Gasteiger partial charge in [-0.15, -0.1) is 11.3 Å². The number of rotatable bonds is 6. The van der Waals surface area contributed by atoms with Crippen molar-refractivity contribution in [3.63, 3.8) is 0 Å². The molecule has 0 amide bonds. The van der Waals surface area contributed by atoms with Gasteiger partial charge < -0.3 is 14.7 Å². The summed E-state index contributed by atoms with van der Waals surface area (Å²) in [5.41, 5.74) is 6.57. The van der Waals surface area contributed by atoms with Gasteiger partial charge in [-0.3, -0.25) is 4.68 Å². The van der Waals surface area contributed by atoms with Crippen molar-refractivity contribution in [1.82, 2.24) is 19.7 Å². The van der Waals surface area contributed by atoms with Crippen LogP contribution in [0.4, 0.5) is 0 Å². The summed E-state index contributed by atoms with van der Waals surface area (Å²) in [6.07, 6.45) is -0.0496. The number of carbonyl (C=O) groups is 1. The fraction of sp³-hybridized carbons (Fsp3) is 0.364. The van der Waals surface area contributed by atoms with Crippen molar-refractivity contribution in [3.05, 3.63) is 70.4 Å². The van der Waals surface area contributed by atoms with E-state index < -0.39 is 17.7 Å². The van der Waals surface area contributed by atoms with Crippen molar-refractivity contribution >= 4 is 50.0 Å². The summed E-state index contributed by atoms with van der Waals surface area (Å²) >= 11 is 7.82. The molecular formula is C33H35ClN4O3S. The smallest absolute Gasteiger partial charge is 0.337 e. The molecule has 1 aliphatic rings. The molecule has 218 valence electrons. The van der Waals surface area contributed by atoms with Gasteiger partial charge in [0.15, 0.2) is 6.10 Å². The molecule has 3 aromatic carbocycles. The van der Waals surface area contributed by atoms with Gasteiger partial charge in [0.2, 0.25) is 0 Å². The molecule has 2 aromatic heterocycles. The SMILES string of the molecule is Cc1cc2nc(-c3ccc4c(c3)c(C3CCN(C)C3)nn4C)sc2c(-c2ccc(Cl)cc2)c1[C@H](OC(C)(C)C)C(=O)O. The van der Waals surface area contributed by atoms with Crippen LogP contribution >= 0.6 is 22.9 Å².